The van der Waals surface area contributed by atoms with Gasteiger partial charge in [-0.05, 0) is 23.8 Å². The van der Waals surface area contributed by atoms with Crippen LogP contribution >= 0.6 is 11.3 Å². The average Bonchev–Trinajstić information content (AvgIpc) is 2.64. The predicted molar refractivity (Wildman–Crippen MR) is 65.1 cm³/mol. The lowest BCUT2D eigenvalue weighted by Crippen LogP contribution is -2.36. The maximum absolute atomic E-state index is 11.7. The highest BCUT2D eigenvalue weighted by atomic mass is 32.1. The van der Waals surface area contributed by atoms with Crippen molar-refractivity contribution >= 4 is 22.2 Å². The van der Waals surface area contributed by atoms with Crippen LogP contribution in [0.15, 0.2) is 11.4 Å². The van der Waals surface area contributed by atoms with Crippen LogP contribution < -0.4 is 11.1 Å². The van der Waals surface area contributed by atoms with Gasteiger partial charge in [-0.2, -0.15) is 5.26 Å². The Morgan fingerprint density at radius 2 is 2.38 bits per heavy atom. The first-order chi connectivity index (χ1) is 7.54. The number of hydrogen-bond acceptors (Lipinski definition) is 4. The van der Waals surface area contributed by atoms with Gasteiger partial charge in [0.2, 0.25) is 5.91 Å². The Labute approximate surface area is 99.1 Å². The lowest BCUT2D eigenvalue weighted by molar-refractivity contribution is -0.117. The van der Waals surface area contributed by atoms with Gasteiger partial charge in [-0.25, -0.2) is 0 Å². The molecule has 0 saturated heterocycles. The number of thiophene rings is 1. The van der Waals surface area contributed by atoms with Crippen molar-refractivity contribution in [1.29, 1.82) is 5.26 Å². The molecule has 1 rings (SSSR count). The number of carbonyl (C=O) groups excluding carboxylic acids is 1. The number of rotatable bonds is 4. The molecule has 1 atom stereocenters. The summed E-state index contributed by atoms with van der Waals surface area (Å²) in [6.45, 7) is 4.03. The van der Waals surface area contributed by atoms with Crippen LogP contribution in [0.25, 0.3) is 0 Å². The zero-order chi connectivity index (χ0) is 12.1. The van der Waals surface area contributed by atoms with Crippen LogP contribution in [0.3, 0.4) is 0 Å². The quantitative estimate of drug-likeness (QED) is 0.839. The minimum absolute atomic E-state index is 0.229. The van der Waals surface area contributed by atoms with E-state index in [0.717, 1.165) is 0 Å². The molecule has 1 aromatic rings. The topological polar surface area (TPSA) is 78.9 Å². The molecule has 0 aliphatic carbocycles. The lowest BCUT2D eigenvalue weighted by Gasteiger charge is -2.13. The molecule has 16 heavy (non-hydrogen) atoms. The summed E-state index contributed by atoms with van der Waals surface area (Å²) < 4.78 is 0. The Balaban J connectivity index is 2.61. The molecule has 5 heteroatoms. The number of nitrogens with two attached hydrogens (primary N) is 1. The zero-order valence-corrected chi connectivity index (χ0v) is 10.2. The summed E-state index contributed by atoms with van der Waals surface area (Å²) in [5.41, 5.74) is 6.22. The molecule has 1 aromatic heterocycles. The molecule has 1 heterocycles. The normalized spacial score (nSPS) is 12.2. The van der Waals surface area contributed by atoms with E-state index in [2.05, 4.69) is 5.32 Å². The van der Waals surface area contributed by atoms with Gasteiger partial charge >= 0.3 is 0 Å². The van der Waals surface area contributed by atoms with Gasteiger partial charge in [0.05, 0.1) is 11.6 Å². The molecule has 0 spiro atoms. The first-order valence-corrected chi connectivity index (χ1v) is 5.96. The Morgan fingerprint density at radius 1 is 1.69 bits per heavy atom. The molecule has 0 fully saturated rings. The van der Waals surface area contributed by atoms with Gasteiger partial charge in [0.25, 0.3) is 0 Å². The number of nitriles is 1. The monoisotopic (exact) mass is 237 g/mol. The van der Waals surface area contributed by atoms with Crippen LogP contribution in [0.1, 0.15) is 25.8 Å². The van der Waals surface area contributed by atoms with Gasteiger partial charge in [-0.1, -0.05) is 13.8 Å². The van der Waals surface area contributed by atoms with Crippen LogP contribution in [0.4, 0.5) is 5.00 Å². The van der Waals surface area contributed by atoms with E-state index in [0.29, 0.717) is 22.9 Å². The molecule has 86 valence electrons. The Hall–Kier alpha value is -1.38. The molecule has 0 aliphatic heterocycles. The fraction of sp³-hybridized carbons (Fsp3) is 0.455. The third-order valence-electron chi connectivity index (χ3n) is 2.08. The third kappa shape index (κ3) is 3.33. The van der Waals surface area contributed by atoms with E-state index >= 15 is 0 Å². The Morgan fingerprint density at radius 3 is 2.94 bits per heavy atom. The van der Waals surface area contributed by atoms with Gasteiger partial charge in [-0.3, -0.25) is 4.79 Å². The molecule has 1 unspecified atom stereocenters. The lowest BCUT2D eigenvalue weighted by atomic mass is 10.0. The molecule has 0 radical (unpaired) electrons. The average molecular weight is 237 g/mol. The highest BCUT2D eigenvalue weighted by molar-refractivity contribution is 7.14. The van der Waals surface area contributed by atoms with Gasteiger partial charge in [0.1, 0.15) is 11.1 Å². The third-order valence-corrected chi connectivity index (χ3v) is 2.91. The van der Waals surface area contributed by atoms with Crippen molar-refractivity contribution in [2.45, 2.75) is 26.3 Å². The maximum Gasteiger partial charge on any atom is 0.241 e. The molecule has 0 aliphatic rings. The van der Waals surface area contributed by atoms with Gasteiger partial charge in [-0.15, -0.1) is 11.3 Å². The van der Waals surface area contributed by atoms with E-state index in [1.165, 1.54) is 11.3 Å². The summed E-state index contributed by atoms with van der Waals surface area (Å²) in [5.74, 6) is 0.146. The number of nitrogens with one attached hydrogen (secondary N) is 1. The second-order valence-electron chi connectivity index (χ2n) is 4.00. The van der Waals surface area contributed by atoms with Crippen LogP contribution in [0.5, 0.6) is 0 Å². The van der Waals surface area contributed by atoms with E-state index in [1.54, 1.807) is 11.4 Å². The number of hydrogen-bond donors (Lipinski definition) is 2. The van der Waals surface area contributed by atoms with E-state index < -0.39 is 6.04 Å². The fourth-order valence-electron chi connectivity index (χ4n) is 1.31. The van der Waals surface area contributed by atoms with E-state index in [-0.39, 0.29) is 5.91 Å². The summed E-state index contributed by atoms with van der Waals surface area (Å²) in [7, 11) is 0. The van der Waals surface area contributed by atoms with Crippen molar-refractivity contribution in [2.24, 2.45) is 11.7 Å². The molecular weight excluding hydrogens is 222 g/mol. The fourth-order valence-corrected chi connectivity index (χ4v) is 2.05. The van der Waals surface area contributed by atoms with Crippen LogP contribution in [0, 0.1) is 17.2 Å². The Bertz CT molecular complexity index is 406. The predicted octanol–water partition coefficient (Wildman–Crippen LogP) is 1.93. The summed E-state index contributed by atoms with van der Waals surface area (Å²) in [6.07, 6.45) is 0.638. The van der Waals surface area contributed by atoms with Gasteiger partial charge < -0.3 is 11.1 Å². The molecule has 3 N–H and O–H groups in total. The standard InChI is InChI=1S/C11H15N3OS/c1-7(2)5-9(13)10(15)14-11-8(6-12)3-4-16-11/h3-4,7,9H,5,13H2,1-2H3,(H,14,15). The minimum atomic E-state index is -0.520. The first kappa shape index (κ1) is 12.7. The van der Waals surface area contributed by atoms with Crippen molar-refractivity contribution in [2.75, 3.05) is 5.32 Å². The summed E-state index contributed by atoms with van der Waals surface area (Å²) in [4.78, 5) is 11.7. The van der Waals surface area contributed by atoms with Crippen molar-refractivity contribution in [1.82, 2.24) is 0 Å². The van der Waals surface area contributed by atoms with Crippen molar-refractivity contribution in [3.63, 3.8) is 0 Å². The van der Waals surface area contributed by atoms with Crippen LogP contribution in [-0.4, -0.2) is 11.9 Å². The number of anilines is 1. The second kappa shape index (κ2) is 5.64. The van der Waals surface area contributed by atoms with Crippen molar-refractivity contribution in [3.8, 4) is 6.07 Å². The van der Waals surface area contributed by atoms with E-state index in [4.69, 9.17) is 11.0 Å². The first-order valence-electron chi connectivity index (χ1n) is 5.08. The molecule has 0 saturated carbocycles. The van der Waals surface area contributed by atoms with E-state index in [1.807, 2.05) is 19.9 Å². The number of carbonyl (C=O) groups is 1. The Kier molecular flexibility index (Phi) is 4.47. The molecule has 1 amide bonds. The highest BCUT2D eigenvalue weighted by Gasteiger charge is 2.16. The highest BCUT2D eigenvalue weighted by Crippen LogP contribution is 2.22. The zero-order valence-electron chi connectivity index (χ0n) is 9.36. The van der Waals surface area contributed by atoms with Gasteiger partial charge in [0.15, 0.2) is 0 Å². The SMILES string of the molecule is CC(C)CC(N)C(=O)Nc1sccc1C#N. The number of amides is 1. The molecular formula is C11H15N3OS. The van der Waals surface area contributed by atoms with Crippen molar-refractivity contribution in [3.05, 3.63) is 17.0 Å². The molecule has 4 nitrogen and oxygen atoms in total. The van der Waals surface area contributed by atoms with Gasteiger partial charge in [0, 0.05) is 0 Å². The van der Waals surface area contributed by atoms with Crippen LogP contribution in [-0.2, 0) is 4.79 Å². The smallest absolute Gasteiger partial charge is 0.241 e. The summed E-state index contributed by atoms with van der Waals surface area (Å²) in [6, 6.07) is 3.17. The second-order valence-corrected chi connectivity index (χ2v) is 4.92. The van der Waals surface area contributed by atoms with Crippen LogP contribution in [0.2, 0.25) is 0 Å². The summed E-state index contributed by atoms with van der Waals surface area (Å²) in [5, 5.41) is 13.8. The minimum Gasteiger partial charge on any atom is -0.320 e. The number of nitrogens with zero attached hydrogens (tertiary/aromatic N) is 1. The van der Waals surface area contributed by atoms with E-state index in [9.17, 15) is 4.79 Å². The molecule has 0 aromatic carbocycles. The largest absolute Gasteiger partial charge is 0.320 e. The molecule has 0 bridgehead atoms. The van der Waals surface area contributed by atoms with Crippen molar-refractivity contribution < 1.29 is 4.79 Å². The summed E-state index contributed by atoms with van der Waals surface area (Å²) >= 11 is 1.33. The maximum atomic E-state index is 11.7.